The summed E-state index contributed by atoms with van der Waals surface area (Å²) in [6, 6.07) is 7.88. The molecule has 26 heavy (non-hydrogen) atoms. The van der Waals surface area contributed by atoms with Crippen molar-refractivity contribution in [1.29, 1.82) is 0 Å². The van der Waals surface area contributed by atoms with Gasteiger partial charge in [0.25, 0.3) is 0 Å². The second kappa shape index (κ2) is 7.02. The Morgan fingerprint density at radius 2 is 2.00 bits per heavy atom. The van der Waals surface area contributed by atoms with Crippen molar-refractivity contribution in [2.75, 3.05) is 23.0 Å². The number of carbonyl (C=O) groups excluding carboxylic acids is 2. The van der Waals surface area contributed by atoms with Crippen molar-refractivity contribution in [1.82, 2.24) is 5.32 Å². The van der Waals surface area contributed by atoms with E-state index in [1.54, 1.807) is 11.8 Å². The number of nitrogens with one attached hydrogen (secondary N) is 1. The van der Waals surface area contributed by atoms with Crippen LogP contribution in [0.25, 0.3) is 0 Å². The van der Waals surface area contributed by atoms with Crippen molar-refractivity contribution < 1.29 is 18.0 Å². The van der Waals surface area contributed by atoms with E-state index in [1.807, 2.05) is 24.3 Å². The predicted octanol–water partition coefficient (Wildman–Crippen LogP) is 1.69. The second-order valence-corrected chi connectivity index (χ2v) is 9.90. The number of benzene rings is 1. The molecule has 0 bridgehead atoms. The third-order valence-electron chi connectivity index (χ3n) is 5.21. The first-order chi connectivity index (χ1) is 12.2. The number of anilines is 1. The van der Waals surface area contributed by atoms with E-state index in [1.165, 1.54) is 5.56 Å². The number of nitrogens with zero attached hydrogens (tertiary/aromatic N) is 1. The molecule has 1 aromatic carbocycles. The largest absolute Gasteiger partial charge is 0.350 e. The van der Waals surface area contributed by atoms with Crippen LogP contribution in [-0.2, 0) is 25.8 Å². The fourth-order valence-electron chi connectivity index (χ4n) is 3.77. The average Bonchev–Trinajstić information content (AvgIpc) is 3.08. The van der Waals surface area contributed by atoms with Gasteiger partial charge in [0, 0.05) is 18.7 Å². The minimum Gasteiger partial charge on any atom is -0.350 e. The van der Waals surface area contributed by atoms with Gasteiger partial charge in [-0.1, -0.05) is 25.5 Å². The lowest BCUT2D eigenvalue weighted by molar-refractivity contribution is -0.127. The minimum absolute atomic E-state index is 0.0327. The highest BCUT2D eigenvalue weighted by atomic mass is 32.2. The SMILES string of the molecule is CCCc1ccc(N2C[C@@H](C(=O)N[C@]3(C)CCS(=O)(=O)C3)CC2=O)cc1. The summed E-state index contributed by atoms with van der Waals surface area (Å²) in [4.78, 5) is 26.6. The van der Waals surface area contributed by atoms with Gasteiger partial charge in [0.1, 0.15) is 0 Å². The Labute approximate surface area is 154 Å². The monoisotopic (exact) mass is 378 g/mol. The summed E-state index contributed by atoms with van der Waals surface area (Å²) in [5, 5.41) is 2.87. The molecule has 6 nitrogen and oxygen atoms in total. The highest BCUT2D eigenvalue weighted by Crippen LogP contribution is 2.28. The van der Waals surface area contributed by atoms with Crippen LogP contribution in [0.2, 0.25) is 0 Å². The Kier molecular flexibility index (Phi) is 5.10. The lowest BCUT2D eigenvalue weighted by atomic mass is 9.99. The molecular weight excluding hydrogens is 352 g/mol. The third-order valence-corrected chi connectivity index (χ3v) is 7.11. The van der Waals surface area contributed by atoms with E-state index in [4.69, 9.17) is 0 Å². The molecule has 2 amide bonds. The summed E-state index contributed by atoms with van der Waals surface area (Å²) in [5.41, 5.74) is 1.31. The smallest absolute Gasteiger partial charge is 0.227 e. The Balaban J connectivity index is 1.64. The molecule has 142 valence electrons. The summed E-state index contributed by atoms with van der Waals surface area (Å²) in [7, 11) is -3.09. The number of rotatable bonds is 5. The third kappa shape index (κ3) is 4.09. The molecule has 0 saturated carbocycles. The molecule has 0 spiro atoms. The molecule has 1 N–H and O–H groups in total. The predicted molar refractivity (Wildman–Crippen MR) is 101 cm³/mol. The van der Waals surface area contributed by atoms with Gasteiger partial charge in [-0.15, -0.1) is 0 Å². The topological polar surface area (TPSA) is 83.6 Å². The van der Waals surface area contributed by atoms with E-state index >= 15 is 0 Å². The molecule has 0 unspecified atom stereocenters. The zero-order valence-electron chi connectivity index (χ0n) is 15.3. The normalized spacial score (nSPS) is 27.7. The first-order valence-corrected chi connectivity index (χ1v) is 11.0. The molecule has 7 heteroatoms. The number of hydrogen-bond acceptors (Lipinski definition) is 4. The number of amides is 2. The van der Waals surface area contributed by atoms with Gasteiger partial charge in [0.05, 0.1) is 23.0 Å². The summed E-state index contributed by atoms with van der Waals surface area (Å²) in [5.74, 6) is -0.683. The molecule has 0 aliphatic carbocycles. The van der Waals surface area contributed by atoms with Crippen molar-refractivity contribution >= 4 is 27.3 Å². The zero-order valence-corrected chi connectivity index (χ0v) is 16.1. The van der Waals surface area contributed by atoms with Gasteiger partial charge in [0.2, 0.25) is 11.8 Å². The van der Waals surface area contributed by atoms with Gasteiger partial charge in [-0.25, -0.2) is 8.42 Å². The number of sulfone groups is 1. The van der Waals surface area contributed by atoms with E-state index < -0.39 is 21.3 Å². The van der Waals surface area contributed by atoms with Crippen LogP contribution in [0.4, 0.5) is 5.69 Å². The highest BCUT2D eigenvalue weighted by Gasteiger charge is 2.42. The van der Waals surface area contributed by atoms with Crippen molar-refractivity contribution in [3.8, 4) is 0 Å². The van der Waals surface area contributed by atoms with Crippen molar-refractivity contribution in [3.05, 3.63) is 29.8 Å². The Morgan fingerprint density at radius 3 is 2.58 bits per heavy atom. The van der Waals surface area contributed by atoms with Crippen LogP contribution in [0.15, 0.2) is 24.3 Å². The molecule has 0 aromatic heterocycles. The fourth-order valence-corrected chi connectivity index (χ4v) is 5.87. The van der Waals surface area contributed by atoms with Crippen LogP contribution in [0.3, 0.4) is 0 Å². The van der Waals surface area contributed by atoms with Crippen LogP contribution < -0.4 is 10.2 Å². The Morgan fingerprint density at radius 1 is 1.31 bits per heavy atom. The number of carbonyl (C=O) groups is 2. The minimum atomic E-state index is -3.09. The molecule has 1 aromatic rings. The standard InChI is InChI=1S/C19H26N2O4S/c1-3-4-14-5-7-16(8-6-14)21-12-15(11-17(21)22)18(23)20-19(2)9-10-26(24,25)13-19/h5-8,15H,3-4,9-13H2,1-2H3,(H,20,23)/t15-,19+/m0/s1. The van der Waals surface area contributed by atoms with Crippen LogP contribution >= 0.6 is 0 Å². The molecule has 0 radical (unpaired) electrons. The number of aryl methyl sites for hydroxylation is 1. The van der Waals surface area contributed by atoms with E-state index in [-0.39, 0.29) is 29.7 Å². The Hall–Kier alpha value is -1.89. The maximum absolute atomic E-state index is 12.6. The van der Waals surface area contributed by atoms with Crippen LogP contribution in [0.1, 0.15) is 38.7 Å². The van der Waals surface area contributed by atoms with Gasteiger partial charge in [0.15, 0.2) is 9.84 Å². The molecule has 2 saturated heterocycles. The van der Waals surface area contributed by atoms with Crippen LogP contribution in [0, 0.1) is 5.92 Å². The first kappa shape index (κ1) is 18.9. The summed E-state index contributed by atoms with van der Waals surface area (Å²) in [6.45, 7) is 4.22. The number of hydrogen-bond donors (Lipinski definition) is 1. The summed E-state index contributed by atoms with van der Waals surface area (Å²) >= 11 is 0. The summed E-state index contributed by atoms with van der Waals surface area (Å²) in [6.07, 6.45) is 2.65. The van der Waals surface area contributed by atoms with Gasteiger partial charge in [-0.3, -0.25) is 9.59 Å². The van der Waals surface area contributed by atoms with E-state index in [0.717, 1.165) is 18.5 Å². The van der Waals surface area contributed by atoms with E-state index in [9.17, 15) is 18.0 Å². The molecule has 2 fully saturated rings. The van der Waals surface area contributed by atoms with Crippen molar-refractivity contribution in [3.63, 3.8) is 0 Å². The maximum Gasteiger partial charge on any atom is 0.227 e. The lowest BCUT2D eigenvalue weighted by Gasteiger charge is -2.25. The first-order valence-electron chi connectivity index (χ1n) is 9.13. The van der Waals surface area contributed by atoms with Gasteiger partial charge < -0.3 is 10.2 Å². The van der Waals surface area contributed by atoms with Gasteiger partial charge >= 0.3 is 0 Å². The molecular formula is C19H26N2O4S. The molecule has 2 aliphatic heterocycles. The molecule has 3 rings (SSSR count). The van der Waals surface area contributed by atoms with Crippen LogP contribution in [0.5, 0.6) is 0 Å². The lowest BCUT2D eigenvalue weighted by Crippen LogP contribution is -2.49. The van der Waals surface area contributed by atoms with Crippen molar-refractivity contribution in [2.24, 2.45) is 5.92 Å². The second-order valence-electron chi connectivity index (χ2n) is 7.71. The summed E-state index contributed by atoms with van der Waals surface area (Å²) < 4.78 is 23.4. The molecule has 2 heterocycles. The van der Waals surface area contributed by atoms with Gasteiger partial charge in [-0.2, -0.15) is 0 Å². The van der Waals surface area contributed by atoms with E-state index in [2.05, 4.69) is 12.2 Å². The Bertz CT molecular complexity index is 803. The fraction of sp³-hybridized carbons (Fsp3) is 0.579. The zero-order chi connectivity index (χ0) is 18.9. The highest BCUT2D eigenvalue weighted by molar-refractivity contribution is 7.91. The maximum atomic E-state index is 12.6. The van der Waals surface area contributed by atoms with Crippen molar-refractivity contribution in [2.45, 2.75) is 45.1 Å². The van der Waals surface area contributed by atoms with E-state index in [0.29, 0.717) is 13.0 Å². The molecule has 2 aliphatic rings. The average molecular weight is 378 g/mol. The van der Waals surface area contributed by atoms with Gasteiger partial charge in [-0.05, 0) is 37.5 Å². The molecule has 2 atom stereocenters. The quantitative estimate of drug-likeness (QED) is 0.845. The van der Waals surface area contributed by atoms with Crippen LogP contribution in [-0.4, -0.2) is 43.8 Å².